The normalized spacial score (nSPS) is 15.8. The molecule has 0 saturated carbocycles. The number of ketones is 1. The summed E-state index contributed by atoms with van der Waals surface area (Å²) in [6, 6.07) is 6.87. The maximum absolute atomic E-state index is 11.1. The predicted octanol–water partition coefficient (Wildman–Crippen LogP) is 1.35. The van der Waals surface area contributed by atoms with Crippen LogP contribution in [0.4, 0.5) is 16.2 Å². The average Bonchev–Trinajstić information content (AvgIpc) is 2.30. The number of carbonyl (C=O) groups excluding carboxylic acids is 2. The van der Waals surface area contributed by atoms with Crippen LogP contribution in [-0.2, 0) is 4.79 Å². The Morgan fingerprint density at radius 1 is 1.18 bits per heavy atom. The van der Waals surface area contributed by atoms with Gasteiger partial charge in [0.1, 0.15) is 5.78 Å². The first-order valence-electron chi connectivity index (χ1n) is 5.58. The van der Waals surface area contributed by atoms with Crippen LogP contribution in [0.15, 0.2) is 24.3 Å². The fraction of sp³-hybridized carbons (Fsp3) is 0.333. The molecule has 1 aliphatic rings. The molecule has 0 bridgehead atoms. The molecule has 5 heteroatoms. The van der Waals surface area contributed by atoms with E-state index in [1.165, 1.54) is 0 Å². The summed E-state index contributed by atoms with van der Waals surface area (Å²) in [5, 5.41) is 2.51. The van der Waals surface area contributed by atoms with E-state index in [2.05, 4.69) is 10.2 Å². The molecule has 1 aliphatic heterocycles. The molecule has 1 aromatic rings. The maximum atomic E-state index is 11.1. The van der Waals surface area contributed by atoms with Crippen LogP contribution in [-0.4, -0.2) is 24.9 Å². The molecule has 1 heterocycles. The second-order valence-corrected chi connectivity index (χ2v) is 4.06. The van der Waals surface area contributed by atoms with Gasteiger partial charge in [0.25, 0.3) is 0 Å². The van der Waals surface area contributed by atoms with E-state index < -0.39 is 6.03 Å². The van der Waals surface area contributed by atoms with Gasteiger partial charge in [-0.15, -0.1) is 0 Å². The average molecular weight is 233 g/mol. The quantitative estimate of drug-likeness (QED) is 0.809. The molecule has 1 fully saturated rings. The highest BCUT2D eigenvalue weighted by Crippen LogP contribution is 2.20. The van der Waals surface area contributed by atoms with Gasteiger partial charge in [-0.25, -0.2) is 4.79 Å². The smallest absolute Gasteiger partial charge is 0.316 e. The first-order chi connectivity index (χ1) is 8.15. The van der Waals surface area contributed by atoms with E-state index >= 15 is 0 Å². The van der Waals surface area contributed by atoms with Gasteiger partial charge in [-0.3, -0.25) is 4.79 Å². The number of carbonyl (C=O) groups is 2. The largest absolute Gasteiger partial charge is 0.371 e. The van der Waals surface area contributed by atoms with Gasteiger partial charge < -0.3 is 16.0 Å². The minimum Gasteiger partial charge on any atom is -0.371 e. The molecule has 0 atom stereocenters. The fourth-order valence-corrected chi connectivity index (χ4v) is 1.91. The molecule has 17 heavy (non-hydrogen) atoms. The predicted molar refractivity (Wildman–Crippen MR) is 66.1 cm³/mol. The van der Waals surface area contributed by atoms with E-state index in [1.807, 2.05) is 12.1 Å². The number of anilines is 2. The summed E-state index contributed by atoms with van der Waals surface area (Å²) in [6.07, 6.45) is 1.22. The molecule has 5 nitrogen and oxygen atoms in total. The van der Waals surface area contributed by atoms with Crippen molar-refractivity contribution in [2.24, 2.45) is 5.73 Å². The molecule has 1 aromatic carbocycles. The number of piperidine rings is 1. The third kappa shape index (κ3) is 2.96. The van der Waals surface area contributed by atoms with Gasteiger partial charge >= 0.3 is 6.03 Å². The number of hydrogen-bond acceptors (Lipinski definition) is 3. The minimum atomic E-state index is -0.568. The van der Waals surface area contributed by atoms with Crippen molar-refractivity contribution in [3.05, 3.63) is 24.3 Å². The molecule has 0 unspecified atom stereocenters. The van der Waals surface area contributed by atoms with Crippen molar-refractivity contribution in [1.29, 1.82) is 0 Å². The van der Waals surface area contributed by atoms with E-state index in [0.717, 1.165) is 18.8 Å². The van der Waals surface area contributed by atoms with Crippen molar-refractivity contribution in [3.8, 4) is 0 Å². The monoisotopic (exact) mass is 233 g/mol. The van der Waals surface area contributed by atoms with Crippen LogP contribution in [0.1, 0.15) is 12.8 Å². The van der Waals surface area contributed by atoms with E-state index in [1.54, 1.807) is 12.1 Å². The summed E-state index contributed by atoms with van der Waals surface area (Å²) in [5.41, 5.74) is 6.76. The lowest BCUT2D eigenvalue weighted by Crippen LogP contribution is -2.33. The molecule has 0 aromatic heterocycles. The lowest BCUT2D eigenvalue weighted by molar-refractivity contribution is -0.119. The maximum Gasteiger partial charge on any atom is 0.316 e. The molecular formula is C12H15N3O2. The summed E-state index contributed by atoms with van der Waals surface area (Å²) in [4.78, 5) is 23.9. The number of nitrogens with one attached hydrogen (secondary N) is 1. The van der Waals surface area contributed by atoms with Crippen molar-refractivity contribution in [3.63, 3.8) is 0 Å². The zero-order valence-electron chi connectivity index (χ0n) is 9.48. The van der Waals surface area contributed by atoms with Crippen LogP contribution in [0.2, 0.25) is 0 Å². The Morgan fingerprint density at radius 3 is 2.29 bits per heavy atom. The first kappa shape index (κ1) is 11.4. The first-order valence-corrected chi connectivity index (χ1v) is 5.58. The van der Waals surface area contributed by atoms with E-state index in [4.69, 9.17) is 5.73 Å². The van der Waals surface area contributed by atoms with Gasteiger partial charge in [-0.05, 0) is 24.3 Å². The number of benzene rings is 1. The third-order valence-electron chi connectivity index (χ3n) is 2.82. The highest BCUT2D eigenvalue weighted by molar-refractivity contribution is 5.88. The van der Waals surface area contributed by atoms with E-state index in [0.29, 0.717) is 24.3 Å². The number of primary amides is 1. The van der Waals surface area contributed by atoms with Crippen molar-refractivity contribution >= 4 is 23.2 Å². The number of nitrogens with two attached hydrogens (primary N) is 1. The van der Waals surface area contributed by atoms with Gasteiger partial charge in [0.2, 0.25) is 0 Å². The molecule has 1 saturated heterocycles. The lowest BCUT2D eigenvalue weighted by atomic mass is 10.1. The molecule has 3 N–H and O–H groups in total. The molecule has 0 spiro atoms. The second-order valence-electron chi connectivity index (χ2n) is 4.06. The number of Topliss-reactive ketones (excluding diaryl/α,β-unsaturated/α-hetero) is 1. The van der Waals surface area contributed by atoms with Crippen LogP contribution in [0, 0.1) is 0 Å². The van der Waals surface area contributed by atoms with Crippen LogP contribution < -0.4 is 16.0 Å². The molecular weight excluding hydrogens is 218 g/mol. The Morgan fingerprint density at radius 2 is 1.76 bits per heavy atom. The summed E-state index contributed by atoms with van der Waals surface area (Å²) in [5.74, 6) is 0.327. The molecule has 2 amide bonds. The van der Waals surface area contributed by atoms with E-state index in [-0.39, 0.29) is 0 Å². The topological polar surface area (TPSA) is 75.4 Å². The lowest BCUT2D eigenvalue weighted by Gasteiger charge is -2.28. The molecule has 0 radical (unpaired) electrons. The van der Waals surface area contributed by atoms with E-state index in [9.17, 15) is 9.59 Å². The Kier molecular flexibility index (Phi) is 3.27. The highest BCUT2D eigenvalue weighted by Gasteiger charge is 2.16. The zero-order chi connectivity index (χ0) is 12.3. The van der Waals surface area contributed by atoms with Gasteiger partial charge in [0.15, 0.2) is 0 Å². The van der Waals surface area contributed by atoms with Crippen LogP contribution in [0.25, 0.3) is 0 Å². The molecule has 0 aliphatic carbocycles. The summed E-state index contributed by atoms with van der Waals surface area (Å²) < 4.78 is 0. The fourth-order valence-electron chi connectivity index (χ4n) is 1.91. The molecule has 2 rings (SSSR count). The zero-order valence-corrected chi connectivity index (χ0v) is 9.48. The van der Waals surface area contributed by atoms with Gasteiger partial charge in [0.05, 0.1) is 0 Å². The van der Waals surface area contributed by atoms with Gasteiger partial charge in [-0.1, -0.05) is 0 Å². The number of amides is 2. The summed E-state index contributed by atoms with van der Waals surface area (Å²) in [6.45, 7) is 1.53. The highest BCUT2D eigenvalue weighted by atomic mass is 16.2. The Balaban J connectivity index is 2.02. The summed E-state index contributed by atoms with van der Waals surface area (Å²) in [7, 11) is 0. The third-order valence-corrected chi connectivity index (χ3v) is 2.82. The standard InChI is InChI=1S/C12H15N3O2/c13-12(17)14-9-1-3-10(4-2-9)15-7-5-11(16)6-8-15/h1-4H,5-8H2,(H3,13,14,17). The molecule has 90 valence electrons. The van der Waals surface area contributed by atoms with Crippen LogP contribution in [0.3, 0.4) is 0 Å². The number of nitrogens with zero attached hydrogens (tertiary/aromatic N) is 1. The van der Waals surface area contributed by atoms with Crippen molar-refractivity contribution in [2.45, 2.75) is 12.8 Å². The van der Waals surface area contributed by atoms with Crippen molar-refractivity contribution < 1.29 is 9.59 Å². The number of urea groups is 1. The van der Waals surface area contributed by atoms with Crippen LogP contribution in [0.5, 0.6) is 0 Å². The number of hydrogen-bond donors (Lipinski definition) is 2. The summed E-state index contributed by atoms with van der Waals surface area (Å²) >= 11 is 0. The van der Waals surface area contributed by atoms with Crippen molar-refractivity contribution in [2.75, 3.05) is 23.3 Å². The Bertz CT molecular complexity index is 418. The second kappa shape index (κ2) is 4.86. The van der Waals surface area contributed by atoms with Crippen LogP contribution >= 0.6 is 0 Å². The minimum absolute atomic E-state index is 0.327. The Labute approximate surface area is 99.6 Å². The Hall–Kier alpha value is -2.04. The van der Waals surface area contributed by atoms with Gasteiger partial charge in [-0.2, -0.15) is 0 Å². The van der Waals surface area contributed by atoms with Gasteiger partial charge in [0, 0.05) is 37.3 Å². The SMILES string of the molecule is NC(=O)Nc1ccc(N2CCC(=O)CC2)cc1. The van der Waals surface area contributed by atoms with Crippen molar-refractivity contribution in [1.82, 2.24) is 0 Å². The number of rotatable bonds is 2.